The van der Waals surface area contributed by atoms with Crippen LogP contribution in [-0.2, 0) is 20.1 Å². The first-order valence-electron chi connectivity index (χ1n) is 8.59. The Hall–Kier alpha value is -2.67. The molecule has 0 aliphatic rings. The Morgan fingerprint density at radius 2 is 2.04 bits per heavy atom. The minimum absolute atomic E-state index is 0.145. The van der Waals surface area contributed by atoms with Gasteiger partial charge in [0.05, 0.1) is 19.1 Å². The van der Waals surface area contributed by atoms with E-state index in [2.05, 4.69) is 56.7 Å². The van der Waals surface area contributed by atoms with Crippen LogP contribution in [0.4, 0.5) is 0 Å². The van der Waals surface area contributed by atoms with Crippen molar-refractivity contribution in [2.45, 2.75) is 33.0 Å². The summed E-state index contributed by atoms with van der Waals surface area (Å²) < 4.78 is 1.98. The van der Waals surface area contributed by atoms with Crippen molar-refractivity contribution in [3.63, 3.8) is 0 Å². The summed E-state index contributed by atoms with van der Waals surface area (Å²) in [6.45, 7) is 5.27. The average molecular weight is 369 g/mol. The zero-order valence-corrected chi connectivity index (χ0v) is 16.1. The predicted molar refractivity (Wildman–Crippen MR) is 106 cm³/mol. The van der Waals surface area contributed by atoms with Crippen molar-refractivity contribution < 1.29 is 0 Å². The highest BCUT2D eigenvalue weighted by Gasteiger charge is 2.10. The molecule has 2 N–H and O–H groups in total. The van der Waals surface area contributed by atoms with Crippen molar-refractivity contribution in [2.24, 2.45) is 12.0 Å². The number of aryl methyl sites for hydroxylation is 1. The van der Waals surface area contributed by atoms with Gasteiger partial charge < -0.3 is 15.2 Å². The third-order valence-electron chi connectivity index (χ3n) is 4.25. The Morgan fingerprint density at radius 1 is 1.23 bits per heavy atom. The van der Waals surface area contributed by atoms with Crippen molar-refractivity contribution in [1.29, 1.82) is 0 Å². The van der Waals surface area contributed by atoms with E-state index in [-0.39, 0.29) is 6.04 Å². The standard InChI is InChI=1S/C19H24N6S/c1-14(17-7-5-4-6-8-17)22-19(20-11-16-9-10-26-13-16)21-12-18-24-23-15(2)25(18)3/h4-10,13-14H,11-12H2,1-3H3,(H2,20,21,22). The van der Waals surface area contributed by atoms with Gasteiger partial charge in [0.1, 0.15) is 5.82 Å². The summed E-state index contributed by atoms with van der Waals surface area (Å²) >= 11 is 1.69. The van der Waals surface area contributed by atoms with Gasteiger partial charge in [-0.1, -0.05) is 30.3 Å². The topological polar surface area (TPSA) is 67.1 Å². The molecule has 3 rings (SSSR count). The predicted octanol–water partition coefficient (Wildman–Crippen LogP) is 3.18. The van der Waals surface area contributed by atoms with E-state index in [0.717, 1.165) is 17.6 Å². The molecular weight excluding hydrogens is 344 g/mol. The molecule has 0 aliphatic carbocycles. The lowest BCUT2D eigenvalue weighted by Crippen LogP contribution is -2.39. The van der Waals surface area contributed by atoms with Crippen LogP contribution in [0.1, 0.15) is 35.7 Å². The zero-order valence-electron chi connectivity index (χ0n) is 15.3. The lowest BCUT2D eigenvalue weighted by molar-refractivity contribution is 0.664. The quantitative estimate of drug-likeness (QED) is 0.518. The molecule has 2 aromatic heterocycles. The maximum absolute atomic E-state index is 4.73. The van der Waals surface area contributed by atoms with Gasteiger partial charge in [-0.25, -0.2) is 4.99 Å². The van der Waals surface area contributed by atoms with E-state index in [1.807, 2.05) is 36.7 Å². The highest BCUT2D eigenvalue weighted by molar-refractivity contribution is 7.07. The number of nitrogens with zero attached hydrogens (tertiary/aromatic N) is 4. The first kappa shape index (κ1) is 18.1. The highest BCUT2D eigenvalue weighted by atomic mass is 32.1. The molecule has 0 radical (unpaired) electrons. The molecule has 1 aromatic carbocycles. The summed E-state index contributed by atoms with van der Waals surface area (Å²) in [4.78, 5) is 4.73. The van der Waals surface area contributed by atoms with Gasteiger partial charge in [0.25, 0.3) is 0 Å². The van der Waals surface area contributed by atoms with Crippen molar-refractivity contribution >= 4 is 17.3 Å². The minimum atomic E-state index is 0.145. The fourth-order valence-corrected chi connectivity index (χ4v) is 3.16. The summed E-state index contributed by atoms with van der Waals surface area (Å²) in [6.07, 6.45) is 0. The largest absolute Gasteiger partial charge is 0.350 e. The van der Waals surface area contributed by atoms with E-state index in [1.54, 1.807) is 11.3 Å². The van der Waals surface area contributed by atoms with Crippen LogP contribution in [0.2, 0.25) is 0 Å². The molecule has 0 saturated carbocycles. The number of benzene rings is 1. The van der Waals surface area contributed by atoms with Gasteiger partial charge in [-0.3, -0.25) is 0 Å². The van der Waals surface area contributed by atoms with Gasteiger partial charge >= 0.3 is 0 Å². The van der Waals surface area contributed by atoms with E-state index in [4.69, 9.17) is 4.99 Å². The molecule has 0 amide bonds. The van der Waals surface area contributed by atoms with E-state index in [1.165, 1.54) is 11.1 Å². The Labute approximate surface area is 158 Å². The third-order valence-corrected chi connectivity index (χ3v) is 4.98. The Bertz CT molecular complexity index is 838. The Balaban J connectivity index is 1.70. The molecule has 136 valence electrons. The number of hydrogen-bond donors (Lipinski definition) is 2. The van der Waals surface area contributed by atoms with Crippen molar-refractivity contribution in [3.8, 4) is 0 Å². The molecule has 0 spiro atoms. The molecule has 6 nitrogen and oxygen atoms in total. The maximum atomic E-state index is 4.73. The molecule has 1 atom stereocenters. The van der Waals surface area contributed by atoms with Crippen LogP contribution in [0.5, 0.6) is 0 Å². The van der Waals surface area contributed by atoms with Gasteiger partial charge in [-0.05, 0) is 41.8 Å². The maximum Gasteiger partial charge on any atom is 0.192 e. The van der Waals surface area contributed by atoms with Crippen molar-refractivity contribution in [2.75, 3.05) is 0 Å². The first-order chi connectivity index (χ1) is 12.6. The second-order valence-electron chi connectivity index (χ2n) is 6.15. The number of aromatic nitrogens is 3. The second-order valence-corrected chi connectivity index (χ2v) is 6.93. The number of nitrogens with one attached hydrogen (secondary N) is 2. The van der Waals surface area contributed by atoms with Gasteiger partial charge in [0, 0.05) is 7.05 Å². The summed E-state index contributed by atoms with van der Waals surface area (Å²) in [7, 11) is 1.97. The summed E-state index contributed by atoms with van der Waals surface area (Å²) in [6, 6.07) is 12.6. The van der Waals surface area contributed by atoms with E-state index in [0.29, 0.717) is 13.1 Å². The van der Waals surface area contributed by atoms with Crippen LogP contribution in [-0.4, -0.2) is 20.7 Å². The zero-order chi connectivity index (χ0) is 18.4. The highest BCUT2D eigenvalue weighted by Crippen LogP contribution is 2.11. The molecule has 0 aliphatic heterocycles. The molecular formula is C19H24N6S. The van der Waals surface area contributed by atoms with Crippen LogP contribution in [0.25, 0.3) is 0 Å². The van der Waals surface area contributed by atoms with E-state index in [9.17, 15) is 0 Å². The van der Waals surface area contributed by atoms with Crippen LogP contribution >= 0.6 is 11.3 Å². The lowest BCUT2D eigenvalue weighted by atomic mass is 10.1. The minimum Gasteiger partial charge on any atom is -0.350 e. The Kier molecular flexibility index (Phi) is 6.01. The fourth-order valence-electron chi connectivity index (χ4n) is 2.50. The average Bonchev–Trinajstić information content (AvgIpc) is 3.29. The van der Waals surface area contributed by atoms with Crippen molar-refractivity contribution in [1.82, 2.24) is 25.4 Å². The van der Waals surface area contributed by atoms with E-state index < -0.39 is 0 Å². The molecule has 0 bridgehead atoms. The first-order valence-corrected chi connectivity index (χ1v) is 9.53. The summed E-state index contributed by atoms with van der Waals surface area (Å²) in [5, 5.41) is 19.3. The van der Waals surface area contributed by atoms with Gasteiger partial charge in [0.15, 0.2) is 11.8 Å². The number of guanidine groups is 1. The second kappa shape index (κ2) is 8.62. The van der Waals surface area contributed by atoms with Crippen LogP contribution < -0.4 is 10.6 Å². The molecule has 3 aromatic rings. The van der Waals surface area contributed by atoms with Crippen LogP contribution in [0, 0.1) is 6.92 Å². The third kappa shape index (κ3) is 4.70. The Morgan fingerprint density at radius 3 is 2.69 bits per heavy atom. The smallest absolute Gasteiger partial charge is 0.192 e. The monoisotopic (exact) mass is 368 g/mol. The molecule has 0 fully saturated rings. The number of hydrogen-bond acceptors (Lipinski definition) is 4. The normalized spacial score (nSPS) is 12.8. The molecule has 7 heteroatoms. The molecule has 26 heavy (non-hydrogen) atoms. The number of rotatable bonds is 6. The molecule has 1 unspecified atom stereocenters. The van der Waals surface area contributed by atoms with Crippen molar-refractivity contribution in [3.05, 3.63) is 69.9 Å². The van der Waals surface area contributed by atoms with Gasteiger partial charge in [0.2, 0.25) is 0 Å². The van der Waals surface area contributed by atoms with Crippen LogP contribution in [0.3, 0.4) is 0 Å². The van der Waals surface area contributed by atoms with Gasteiger partial charge in [-0.15, -0.1) is 10.2 Å². The summed E-state index contributed by atoms with van der Waals surface area (Å²) in [5.74, 6) is 2.53. The SMILES string of the molecule is Cc1nnc(CNC(=NCc2ccsc2)NC(C)c2ccccc2)n1C. The lowest BCUT2D eigenvalue weighted by Gasteiger charge is -2.18. The summed E-state index contributed by atoms with van der Waals surface area (Å²) in [5.41, 5.74) is 2.42. The number of thiophene rings is 1. The number of aliphatic imine (C=N–C) groups is 1. The fraction of sp³-hybridized carbons (Fsp3) is 0.316. The molecule has 0 saturated heterocycles. The molecule has 2 heterocycles. The van der Waals surface area contributed by atoms with Gasteiger partial charge in [-0.2, -0.15) is 11.3 Å². The van der Waals surface area contributed by atoms with E-state index >= 15 is 0 Å². The van der Waals surface area contributed by atoms with Crippen LogP contribution in [0.15, 0.2) is 52.2 Å².